The van der Waals surface area contributed by atoms with Gasteiger partial charge < -0.3 is 10.3 Å². The number of hydrogen-bond acceptors (Lipinski definition) is 3. The van der Waals surface area contributed by atoms with Crippen molar-refractivity contribution in [2.24, 2.45) is 0 Å². The highest BCUT2D eigenvalue weighted by atomic mass is 19.1. The molecule has 2 heterocycles. The first-order chi connectivity index (χ1) is 9.65. The van der Waals surface area contributed by atoms with Crippen molar-refractivity contribution in [1.29, 1.82) is 0 Å². The molecule has 20 heavy (non-hydrogen) atoms. The zero-order valence-electron chi connectivity index (χ0n) is 11.2. The van der Waals surface area contributed by atoms with Gasteiger partial charge in [-0.25, -0.2) is 9.37 Å². The minimum atomic E-state index is -0.258. The van der Waals surface area contributed by atoms with Crippen molar-refractivity contribution in [3.05, 3.63) is 53.6 Å². The number of aromatic nitrogens is 3. The quantitative estimate of drug-likeness (QED) is 0.796. The van der Waals surface area contributed by atoms with Crippen molar-refractivity contribution in [1.82, 2.24) is 14.5 Å². The topological polar surface area (TPSA) is 56.7 Å². The van der Waals surface area contributed by atoms with Gasteiger partial charge in [0.25, 0.3) is 0 Å². The van der Waals surface area contributed by atoms with E-state index in [1.807, 2.05) is 22.8 Å². The molecule has 3 aromatic rings. The lowest BCUT2D eigenvalue weighted by molar-refractivity contribution is 0.620. The van der Waals surface area contributed by atoms with E-state index in [9.17, 15) is 4.39 Å². The standard InChI is InChI=1S/C15H15FN4/c1-10-8-14-13(9-12(10)16)19-15(17)20(14)7-5-11-4-2-3-6-18-11/h2-4,6,8-9H,5,7H2,1H3,(H2,17,19). The molecule has 0 radical (unpaired) electrons. The summed E-state index contributed by atoms with van der Waals surface area (Å²) in [5.74, 6) is 0.146. The lowest BCUT2D eigenvalue weighted by Crippen LogP contribution is -2.06. The van der Waals surface area contributed by atoms with Crippen LogP contribution in [0, 0.1) is 12.7 Å². The first-order valence-corrected chi connectivity index (χ1v) is 6.47. The Morgan fingerprint density at radius 1 is 1.30 bits per heavy atom. The van der Waals surface area contributed by atoms with Crippen LogP contribution in [0.5, 0.6) is 0 Å². The monoisotopic (exact) mass is 270 g/mol. The summed E-state index contributed by atoms with van der Waals surface area (Å²) in [5, 5.41) is 0. The third kappa shape index (κ3) is 2.22. The van der Waals surface area contributed by atoms with Gasteiger partial charge in [-0.05, 0) is 30.7 Å². The molecule has 0 spiro atoms. The summed E-state index contributed by atoms with van der Waals surface area (Å²) in [6.07, 6.45) is 2.52. The number of rotatable bonds is 3. The van der Waals surface area contributed by atoms with Crippen LogP contribution in [-0.4, -0.2) is 14.5 Å². The van der Waals surface area contributed by atoms with Gasteiger partial charge in [0.05, 0.1) is 11.0 Å². The van der Waals surface area contributed by atoms with Gasteiger partial charge in [-0.2, -0.15) is 0 Å². The molecule has 0 fully saturated rings. The van der Waals surface area contributed by atoms with Gasteiger partial charge in [-0.3, -0.25) is 4.98 Å². The summed E-state index contributed by atoms with van der Waals surface area (Å²) < 4.78 is 15.4. The van der Waals surface area contributed by atoms with E-state index in [4.69, 9.17) is 5.73 Å². The van der Waals surface area contributed by atoms with Gasteiger partial charge in [0.1, 0.15) is 5.82 Å². The minimum Gasteiger partial charge on any atom is -0.369 e. The maximum atomic E-state index is 13.5. The molecule has 0 amide bonds. The van der Waals surface area contributed by atoms with Crippen LogP contribution in [0.3, 0.4) is 0 Å². The number of benzene rings is 1. The summed E-state index contributed by atoms with van der Waals surface area (Å²) >= 11 is 0. The summed E-state index contributed by atoms with van der Waals surface area (Å²) in [6.45, 7) is 2.41. The van der Waals surface area contributed by atoms with Gasteiger partial charge in [-0.15, -0.1) is 0 Å². The predicted molar refractivity (Wildman–Crippen MR) is 76.8 cm³/mol. The third-order valence-electron chi connectivity index (χ3n) is 3.38. The third-order valence-corrected chi connectivity index (χ3v) is 3.38. The first kappa shape index (κ1) is 12.6. The molecule has 2 N–H and O–H groups in total. The number of nitrogen functional groups attached to an aromatic ring is 1. The van der Waals surface area contributed by atoms with E-state index in [1.54, 1.807) is 19.2 Å². The Balaban J connectivity index is 1.95. The number of halogens is 1. The average Bonchev–Trinajstić information content (AvgIpc) is 2.73. The van der Waals surface area contributed by atoms with Gasteiger partial charge in [0.15, 0.2) is 0 Å². The lowest BCUT2D eigenvalue weighted by Gasteiger charge is -2.06. The molecular weight excluding hydrogens is 255 g/mol. The van der Waals surface area contributed by atoms with Crippen LogP contribution < -0.4 is 5.73 Å². The Bertz CT molecular complexity index is 749. The molecule has 0 aliphatic carbocycles. The highest BCUT2D eigenvalue weighted by Gasteiger charge is 2.11. The fourth-order valence-electron chi connectivity index (χ4n) is 2.28. The molecule has 0 saturated carbocycles. The highest BCUT2D eigenvalue weighted by molar-refractivity contribution is 5.79. The van der Waals surface area contributed by atoms with Gasteiger partial charge >= 0.3 is 0 Å². The summed E-state index contributed by atoms with van der Waals surface area (Å²) in [4.78, 5) is 8.49. The molecule has 0 aliphatic heterocycles. The van der Waals surface area contributed by atoms with Crippen molar-refractivity contribution in [2.75, 3.05) is 5.73 Å². The maximum Gasteiger partial charge on any atom is 0.201 e. The van der Waals surface area contributed by atoms with Gasteiger partial charge in [0.2, 0.25) is 5.95 Å². The number of nitrogens with zero attached hydrogens (tertiary/aromatic N) is 3. The molecule has 0 aliphatic rings. The van der Waals surface area contributed by atoms with Crippen LogP contribution in [-0.2, 0) is 13.0 Å². The Morgan fingerprint density at radius 3 is 2.90 bits per heavy atom. The Hall–Kier alpha value is -2.43. The van der Waals surface area contributed by atoms with E-state index in [1.165, 1.54) is 6.07 Å². The lowest BCUT2D eigenvalue weighted by atomic mass is 10.2. The number of hydrogen-bond donors (Lipinski definition) is 1. The molecule has 0 bridgehead atoms. The summed E-state index contributed by atoms with van der Waals surface area (Å²) in [5.41, 5.74) is 8.96. The van der Waals surface area contributed by atoms with Crippen molar-refractivity contribution >= 4 is 17.0 Å². The fraction of sp³-hybridized carbons (Fsp3) is 0.200. The summed E-state index contributed by atoms with van der Waals surface area (Å²) in [7, 11) is 0. The second-order valence-corrected chi connectivity index (χ2v) is 4.78. The van der Waals surface area contributed by atoms with Crippen molar-refractivity contribution in [3.8, 4) is 0 Å². The molecule has 0 saturated heterocycles. The van der Waals surface area contributed by atoms with E-state index >= 15 is 0 Å². The van der Waals surface area contributed by atoms with Crippen LogP contribution >= 0.6 is 0 Å². The zero-order chi connectivity index (χ0) is 14.1. The van der Waals surface area contributed by atoms with Crippen molar-refractivity contribution in [3.63, 3.8) is 0 Å². The van der Waals surface area contributed by atoms with Crippen LogP contribution in [0.2, 0.25) is 0 Å². The molecule has 4 nitrogen and oxygen atoms in total. The Labute approximate surface area is 116 Å². The van der Waals surface area contributed by atoms with E-state index in [0.717, 1.165) is 17.6 Å². The Kier molecular flexibility index (Phi) is 3.10. The van der Waals surface area contributed by atoms with Crippen LogP contribution in [0.15, 0.2) is 36.5 Å². The molecule has 5 heteroatoms. The molecule has 102 valence electrons. The number of imidazole rings is 1. The summed E-state index contributed by atoms with van der Waals surface area (Å²) in [6, 6.07) is 9.03. The average molecular weight is 270 g/mol. The number of pyridine rings is 1. The first-order valence-electron chi connectivity index (χ1n) is 6.47. The van der Waals surface area contributed by atoms with E-state index in [-0.39, 0.29) is 5.82 Å². The molecular formula is C15H15FN4. The number of fused-ring (bicyclic) bond motifs is 1. The number of nitrogens with two attached hydrogens (primary N) is 1. The van der Waals surface area contributed by atoms with Gasteiger partial charge in [0, 0.05) is 30.9 Å². The van der Waals surface area contributed by atoms with Crippen LogP contribution in [0.1, 0.15) is 11.3 Å². The van der Waals surface area contributed by atoms with Crippen molar-refractivity contribution < 1.29 is 4.39 Å². The molecule has 0 atom stereocenters. The van der Waals surface area contributed by atoms with Crippen LogP contribution in [0.4, 0.5) is 10.3 Å². The highest BCUT2D eigenvalue weighted by Crippen LogP contribution is 2.21. The van der Waals surface area contributed by atoms with E-state index in [2.05, 4.69) is 9.97 Å². The second-order valence-electron chi connectivity index (χ2n) is 4.78. The second kappa shape index (κ2) is 4.92. The predicted octanol–water partition coefficient (Wildman–Crippen LogP) is 2.70. The van der Waals surface area contributed by atoms with Crippen molar-refractivity contribution in [2.45, 2.75) is 19.9 Å². The number of anilines is 1. The van der Waals surface area contributed by atoms with E-state index in [0.29, 0.717) is 23.6 Å². The normalized spacial score (nSPS) is 11.1. The van der Waals surface area contributed by atoms with E-state index < -0.39 is 0 Å². The minimum absolute atomic E-state index is 0.258. The molecule has 1 aromatic carbocycles. The molecule has 2 aromatic heterocycles. The van der Waals surface area contributed by atoms with Gasteiger partial charge in [-0.1, -0.05) is 6.07 Å². The Morgan fingerprint density at radius 2 is 2.15 bits per heavy atom. The van der Waals surface area contributed by atoms with Crippen LogP contribution in [0.25, 0.3) is 11.0 Å². The smallest absolute Gasteiger partial charge is 0.201 e. The fourth-order valence-corrected chi connectivity index (χ4v) is 2.28. The largest absolute Gasteiger partial charge is 0.369 e. The molecule has 3 rings (SSSR count). The number of aryl methyl sites for hydroxylation is 3. The zero-order valence-corrected chi connectivity index (χ0v) is 11.2. The molecule has 0 unspecified atom stereocenters. The maximum absolute atomic E-state index is 13.5. The SMILES string of the molecule is Cc1cc2c(cc1F)nc(N)n2CCc1ccccn1.